The lowest BCUT2D eigenvalue weighted by Gasteiger charge is -2.08. The van der Waals surface area contributed by atoms with Gasteiger partial charge in [0.15, 0.2) is 10.9 Å². The van der Waals surface area contributed by atoms with Gasteiger partial charge in [0.05, 0.1) is 5.75 Å². The van der Waals surface area contributed by atoms with Crippen LogP contribution in [0.15, 0.2) is 11.2 Å². The van der Waals surface area contributed by atoms with E-state index in [9.17, 15) is 9.59 Å². The molecule has 0 bridgehead atoms. The van der Waals surface area contributed by atoms with Gasteiger partial charge in [-0.3, -0.25) is 9.59 Å². The normalized spacial score (nSPS) is 14.1. The molecule has 0 spiro atoms. The number of ketones is 1. The highest BCUT2D eigenvalue weighted by molar-refractivity contribution is 7.99. The van der Waals surface area contributed by atoms with Crippen LogP contribution < -0.4 is 5.73 Å². The average molecular weight is 347 g/mol. The molecule has 2 aromatic rings. The Morgan fingerprint density at radius 1 is 1.38 bits per heavy atom. The van der Waals surface area contributed by atoms with Crippen LogP contribution in [0.4, 0.5) is 0 Å². The summed E-state index contributed by atoms with van der Waals surface area (Å²) in [6, 6.07) is 1.87. The number of thioether (sulfide) groups is 1. The quantitative estimate of drug-likeness (QED) is 0.561. The number of nitrogens with two attached hydrogens (primary N) is 1. The second-order valence-corrected chi connectivity index (χ2v) is 7.13. The van der Waals surface area contributed by atoms with Crippen molar-refractivity contribution < 1.29 is 9.59 Å². The molecule has 8 heteroatoms. The zero-order valence-electron chi connectivity index (χ0n) is 13.8. The maximum absolute atomic E-state index is 12.4. The number of hydrogen-bond acceptors (Lipinski definition) is 5. The van der Waals surface area contributed by atoms with E-state index < -0.39 is 0 Å². The SMILES string of the molecule is Cc1cc(C(=O)CSc2nnc(C3CC3)n2CCC(N)=O)c(C)[nH]1. The fourth-order valence-corrected chi connectivity index (χ4v) is 3.56. The van der Waals surface area contributed by atoms with Gasteiger partial charge >= 0.3 is 0 Å². The molecule has 0 saturated heterocycles. The predicted octanol–water partition coefficient (Wildman–Crippen LogP) is 1.95. The van der Waals surface area contributed by atoms with Gasteiger partial charge in [0.1, 0.15) is 5.82 Å². The van der Waals surface area contributed by atoms with Crippen LogP contribution in [0.25, 0.3) is 0 Å². The summed E-state index contributed by atoms with van der Waals surface area (Å²) >= 11 is 1.36. The Kier molecular flexibility index (Phi) is 4.75. The molecule has 128 valence electrons. The van der Waals surface area contributed by atoms with Gasteiger partial charge in [0, 0.05) is 35.8 Å². The number of aryl methyl sites for hydroxylation is 2. The fourth-order valence-electron chi connectivity index (χ4n) is 2.70. The van der Waals surface area contributed by atoms with Crippen LogP contribution in [0.2, 0.25) is 0 Å². The zero-order chi connectivity index (χ0) is 17.3. The van der Waals surface area contributed by atoms with Crippen molar-refractivity contribution in [2.24, 2.45) is 5.73 Å². The standard InChI is InChI=1S/C16H21N5O2S/c1-9-7-12(10(2)18-9)13(22)8-24-16-20-19-15(11-3-4-11)21(16)6-5-14(17)23/h7,11,18H,3-6,8H2,1-2H3,(H2,17,23). The van der Waals surface area contributed by atoms with Gasteiger partial charge in [-0.05, 0) is 32.8 Å². The van der Waals surface area contributed by atoms with Gasteiger partial charge in [-0.15, -0.1) is 10.2 Å². The summed E-state index contributed by atoms with van der Waals surface area (Å²) in [4.78, 5) is 26.7. The summed E-state index contributed by atoms with van der Waals surface area (Å²) in [6.07, 6.45) is 2.44. The molecular weight excluding hydrogens is 326 g/mol. The molecule has 3 rings (SSSR count). The maximum atomic E-state index is 12.4. The maximum Gasteiger partial charge on any atom is 0.219 e. The van der Waals surface area contributed by atoms with Gasteiger partial charge < -0.3 is 15.3 Å². The van der Waals surface area contributed by atoms with E-state index in [2.05, 4.69) is 15.2 Å². The molecule has 7 nitrogen and oxygen atoms in total. The Labute approximate surface area is 144 Å². The van der Waals surface area contributed by atoms with Gasteiger partial charge in [0.2, 0.25) is 5.91 Å². The van der Waals surface area contributed by atoms with E-state index in [4.69, 9.17) is 5.73 Å². The number of amides is 1. The first-order valence-corrected chi connectivity index (χ1v) is 8.98. The van der Waals surface area contributed by atoms with Crippen molar-refractivity contribution in [3.05, 3.63) is 28.8 Å². The minimum atomic E-state index is -0.351. The first kappa shape index (κ1) is 16.8. The minimum Gasteiger partial charge on any atom is -0.370 e. The molecule has 0 aromatic carbocycles. The number of H-pyrrole nitrogens is 1. The first-order chi connectivity index (χ1) is 11.5. The third kappa shape index (κ3) is 3.69. The monoisotopic (exact) mass is 347 g/mol. The first-order valence-electron chi connectivity index (χ1n) is 7.99. The summed E-state index contributed by atoms with van der Waals surface area (Å²) in [7, 11) is 0. The predicted molar refractivity (Wildman–Crippen MR) is 91.1 cm³/mol. The van der Waals surface area contributed by atoms with Crippen LogP contribution in [0.5, 0.6) is 0 Å². The Morgan fingerprint density at radius 2 is 2.12 bits per heavy atom. The lowest BCUT2D eigenvalue weighted by atomic mass is 10.2. The lowest BCUT2D eigenvalue weighted by Crippen LogP contribution is -2.16. The zero-order valence-corrected chi connectivity index (χ0v) is 14.7. The summed E-state index contributed by atoms with van der Waals surface area (Å²) < 4.78 is 1.94. The summed E-state index contributed by atoms with van der Waals surface area (Å²) in [5, 5.41) is 9.14. The van der Waals surface area contributed by atoms with Crippen LogP contribution in [0, 0.1) is 13.8 Å². The Bertz CT molecular complexity index is 776. The number of hydrogen-bond donors (Lipinski definition) is 2. The largest absolute Gasteiger partial charge is 0.370 e. The van der Waals surface area contributed by atoms with Crippen molar-refractivity contribution in [2.45, 2.75) is 50.7 Å². The topological polar surface area (TPSA) is 107 Å². The van der Waals surface area contributed by atoms with Crippen LogP contribution in [0.3, 0.4) is 0 Å². The van der Waals surface area contributed by atoms with Crippen molar-refractivity contribution in [3.63, 3.8) is 0 Å². The van der Waals surface area contributed by atoms with Crippen LogP contribution >= 0.6 is 11.8 Å². The van der Waals surface area contributed by atoms with E-state index in [1.54, 1.807) is 0 Å². The highest BCUT2D eigenvalue weighted by Gasteiger charge is 2.30. The fraction of sp³-hybridized carbons (Fsp3) is 0.500. The number of aromatic amines is 1. The number of carbonyl (C=O) groups excluding carboxylic acids is 2. The van der Waals surface area contributed by atoms with E-state index in [1.807, 2.05) is 24.5 Å². The van der Waals surface area contributed by atoms with Crippen molar-refractivity contribution in [3.8, 4) is 0 Å². The molecule has 1 amide bonds. The highest BCUT2D eigenvalue weighted by atomic mass is 32.2. The van der Waals surface area contributed by atoms with Crippen LogP contribution in [-0.2, 0) is 11.3 Å². The van der Waals surface area contributed by atoms with E-state index in [0.29, 0.717) is 23.2 Å². The van der Waals surface area contributed by atoms with E-state index in [-0.39, 0.29) is 23.9 Å². The molecule has 1 aliphatic rings. The van der Waals surface area contributed by atoms with E-state index in [0.717, 1.165) is 30.1 Å². The smallest absolute Gasteiger partial charge is 0.219 e. The van der Waals surface area contributed by atoms with E-state index >= 15 is 0 Å². The molecule has 3 N–H and O–H groups in total. The molecule has 2 aromatic heterocycles. The third-order valence-corrected chi connectivity index (χ3v) is 5.02. The number of rotatable bonds is 8. The number of Topliss-reactive ketones (excluding diaryl/α,β-unsaturated/α-hetero) is 1. The van der Waals surface area contributed by atoms with Crippen molar-refractivity contribution in [1.29, 1.82) is 0 Å². The number of carbonyl (C=O) groups is 2. The lowest BCUT2D eigenvalue weighted by molar-refractivity contribution is -0.118. The summed E-state index contributed by atoms with van der Waals surface area (Å²) in [5.74, 6) is 1.32. The van der Waals surface area contributed by atoms with Crippen molar-refractivity contribution in [1.82, 2.24) is 19.7 Å². The molecule has 1 saturated carbocycles. The van der Waals surface area contributed by atoms with E-state index in [1.165, 1.54) is 11.8 Å². The molecule has 1 fully saturated rings. The third-order valence-electron chi connectivity index (χ3n) is 4.05. The second-order valence-electron chi connectivity index (χ2n) is 6.19. The molecule has 2 heterocycles. The van der Waals surface area contributed by atoms with Crippen LogP contribution in [-0.4, -0.2) is 37.2 Å². The number of nitrogens with one attached hydrogen (secondary N) is 1. The molecule has 0 unspecified atom stereocenters. The molecule has 0 radical (unpaired) electrons. The van der Waals surface area contributed by atoms with Crippen molar-refractivity contribution >= 4 is 23.5 Å². The van der Waals surface area contributed by atoms with Gasteiger partial charge in [-0.2, -0.15) is 0 Å². The van der Waals surface area contributed by atoms with Gasteiger partial charge in [-0.25, -0.2) is 0 Å². The Hall–Kier alpha value is -2.09. The van der Waals surface area contributed by atoms with Gasteiger partial charge in [-0.1, -0.05) is 11.8 Å². The van der Waals surface area contributed by atoms with Gasteiger partial charge in [0.25, 0.3) is 0 Å². The highest BCUT2D eigenvalue weighted by Crippen LogP contribution is 2.40. The molecule has 0 aliphatic heterocycles. The summed E-state index contributed by atoms with van der Waals surface area (Å²) in [5.41, 5.74) is 7.83. The molecular formula is C16H21N5O2S. The molecule has 0 atom stereocenters. The molecule has 1 aliphatic carbocycles. The number of nitrogens with zero attached hydrogens (tertiary/aromatic N) is 3. The molecule has 24 heavy (non-hydrogen) atoms. The Morgan fingerprint density at radius 3 is 2.71 bits per heavy atom. The average Bonchev–Trinajstić information content (AvgIpc) is 3.20. The Balaban J connectivity index is 1.71. The second kappa shape index (κ2) is 6.80. The number of primary amides is 1. The number of aromatic nitrogens is 4. The minimum absolute atomic E-state index is 0.0549. The van der Waals surface area contributed by atoms with Crippen LogP contribution in [0.1, 0.15) is 52.8 Å². The van der Waals surface area contributed by atoms with Crippen molar-refractivity contribution in [2.75, 3.05) is 5.75 Å². The summed E-state index contributed by atoms with van der Waals surface area (Å²) in [6.45, 7) is 4.29.